The Morgan fingerprint density at radius 3 is 2.42 bits per heavy atom. The molecule has 194 valence electrons. The van der Waals surface area contributed by atoms with Crippen molar-refractivity contribution < 1.29 is 22.2 Å². The van der Waals surface area contributed by atoms with Crippen molar-refractivity contribution in [2.75, 3.05) is 24.2 Å². The minimum absolute atomic E-state index is 0.0908. The number of carbonyl (C=O) groups is 1. The highest BCUT2D eigenvalue weighted by molar-refractivity contribution is 8.05. The maximum atomic E-state index is 12.9. The summed E-state index contributed by atoms with van der Waals surface area (Å²) in [5, 5.41) is 4.75. The molecule has 0 bridgehead atoms. The molecular weight excluding hydrogens is 505 g/mol. The van der Waals surface area contributed by atoms with E-state index in [2.05, 4.69) is 43.1 Å². The molecular formula is C27H31F3N2O2S2. The van der Waals surface area contributed by atoms with Crippen LogP contribution in [0.3, 0.4) is 0 Å². The molecule has 0 radical (unpaired) electrons. The van der Waals surface area contributed by atoms with Gasteiger partial charge in [0.15, 0.2) is 0 Å². The number of nitrogens with one attached hydrogen (secondary N) is 1. The number of thioether (sulfide) groups is 1. The number of alkyl halides is 3. The molecule has 2 aromatic carbocycles. The Kier molecular flexibility index (Phi) is 9.99. The van der Waals surface area contributed by atoms with Gasteiger partial charge >= 0.3 is 6.18 Å². The van der Waals surface area contributed by atoms with Crippen molar-refractivity contribution in [3.8, 4) is 11.1 Å². The van der Waals surface area contributed by atoms with Gasteiger partial charge in [-0.1, -0.05) is 56.0 Å². The Labute approximate surface area is 217 Å². The first-order valence-corrected chi connectivity index (χ1v) is 13.9. The number of aryl methyl sites for hydroxylation is 1. The fourth-order valence-corrected chi connectivity index (χ4v) is 5.86. The zero-order valence-electron chi connectivity index (χ0n) is 20.4. The van der Waals surface area contributed by atoms with Crippen molar-refractivity contribution in [1.29, 1.82) is 0 Å². The molecule has 2 aromatic rings. The molecule has 1 aliphatic rings. The lowest BCUT2D eigenvalue weighted by Crippen LogP contribution is -2.39. The normalized spacial score (nSPS) is 16.5. The van der Waals surface area contributed by atoms with Crippen molar-refractivity contribution in [3.05, 3.63) is 76.6 Å². The molecule has 3 rings (SSSR count). The summed E-state index contributed by atoms with van der Waals surface area (Å²) in [6, 6.07) is 15.9. The van der Waals surface area contributed by atoms with E-state index in [0.717, 1.165) is 28.1 Å². The molecule has 0 aliphatic carbocycles. The average Bonchev–Trinajstić information content (AvgIpc) is 2.86. The highest BCUT2D eigenvalue weighted by Crippen LogP contribution is 2.34. The fraction of sp³-hybridized carbons (Fsp3) is 0.370. The number of hydrogen-bond donors (Lipinski definition) is 1. The number of allylic oxidation sites excluding steroid dienone is 1. The summed E-state index contributed by atoms with van der Waals surface area (Å²) < 4.78 is 50.8. The quantitative estimate of drug-likeness (QED) is 0.353. The highest BCUT2D eigenvalue weighted by Gasteiger charge is 2.34. The Morgan fingerprint density at radius 2 is 1.81 bits per heavy atom. The molecule has 1 N–H and O–H groups in total. The Bertz CT molecular complexity index is 1120. The summed E-state index contributed by atoms with van der Waals surface area (Å²) in [4.78, 5) is 13.7. The number of nitrogens with zero attached hydrogens (tertiary/aromatic N) is 1. The van der Waals surface area contributed by atoms with Crippen molar-refractivity contribution in [2.24, 2.45) is 5.92 Å². The number of anilines is 1. The van der Waals surface area contributed by atoms with E-state index in [4.69, 9.17) is 0 Å². The molecule has 1 fully saturated rings. The van der Waals surface area contributed by atoms with E-state index in [1.165, 1.54) is 21.6 Å². The van der Waals surface area contributed by atoms with Crippen molar-refractivity contribution in [2.45, 2.75) is 39.3 Å². The van der Waals surface area contributed by atoms with Crippen LogP contribution in [0.25, 0.3) is 11.1 Å². The lowest BCUT2D eigenvalue weighted by Gasteiger charge is -2.31. The van der Waals surface area contributed by atoms with Gasteiger partial charge in [0.1, 0.15) is 16.7 Å². The summed E-state index contributed by atoms with van der Waals surface area (Å²) >= 11 is 1.36. The number of piperidine rings is 1. The van der Waals surface area contributed by atoms with E-state index < -0.39 is 22.9 Å². The van der Waals surface area contributed by atoms with Crippen molar-refractivity contribution in [3.63, 3.8) is 0 Å². The summed E-state index contributed by atoms with van der Waals surface area (Å²) in [5.74, 6) is -1.43. The molecule has 1 saturated heterocycles. The molecule has 0 spiro atoms. The Hall–Kier alpha value is -2.36. The number of para-hydroxylation sites is 1. The predicted octanol–water partition coefficient (Wildman–Crippen LogP) is 6.94. The van der Waals surface area contributed by atoms with Crippen LogP contribution in [0.5, 0.6) is 0 Å². The maximum Gasteiger partial charge on any atom is 0.401 e. The molecule has 1 atom stereocenters. The van der Waals surface area contributed by atoms with Crippen LogP contribution in [0.15, 0.2) is 71.0 Å². The van der Waals surface area contributed by atoms with Crippen LogP contribution in [0, 0.1) is 5.92 Å². The van der Waals surface area contributed by atoms with Crippen LogP contribution in [-0.4, -0.2) is 39.4 Å². The number of hydrogen-bond acceptors (Lipinski definition) is 3. The third-order valence-corrected chi connectivity index (χ3v) is 8.70. The van der Waals surface area contributed by atoms with Gasteiger partial charge in [-0.05, 0) is 59.6 Å². The third-order valence-electron chi connectivity index (χ3n) is 6.08. The average molecular weight is 537 g/mol. The minimum Gasteiger partial charge on any atom is -0.322 e. The first kappa shape index (κ1) is 28.2. The van der Waals surface area contributed by atoms with Gasteiger partial charge in [0.25, 0.3) is 5.91 Å². The van der Waals surface area contributed by atoms with E-state index >= 15 is 0 Å². The predicted molar refractivity (Wildman–Crippen MR) is 144 cm³/mol. The second-order valence-electron chi connectivity index (χ2n) is 8.72. The van der Waals surface area contributed by atoms with Gasteiger partial charge in [-0.15, -0.1) is 11.8 Å². The zero-order valence-corrected chi connectivity index (χ0v) is 22.1. The van der Waals surface area contributed by atoms with E-state index in [0.29, 0.717) is 31.5 Å². The summed E-state index contributed by atoms with van der Waals surface area (Å²) in [5.41, 5.74) is 4.46. The summed E-state index contributed by atoms with van der Waals surface area (Å²) in [6.45, 7) is 8.59. The molecule has 9 heteroatoms. The lowest BCUT2D eigenvalue weighted by atomic mass is 9.98. The van der Waals surface area contributed by atoms with Crippen LogP contribution in [-0.2, 0) is 22.2 Å². The smallest absolute Gasteiger partial charge is 0.322 e. The first-order chi connectivity index (χ1) is 17.1. The molecule has 1 aliphatic heterocycles. The Morgan fingerprint density at radius 1 is 1.17 bits per heavy atom. The third kappa shape index (κ3) is 8.08. The number of carbonyl (C=O) groups excluding carboxylic acids is 1. The highest BCUT2D eigenvalue weighted by atomic mass is 32.2. The van der Waals surface area contributed by atoms with E-state index in [9.17, 15) is 22.2 Å². The van der Waals surface area contributed by atoms with E-state index in [1.54, 1.807) is 12.3 Å². The molecule has 1 heterocycles. The van der Waals surface area contributed by atoms with Gasteiger partial charge in [-0.2, -0.15) is 13.2 Å². The Balaban J connectivity index is 1.55. The van der Waals surface area contributed by atoms with Gasteiger partial charge in [0, 0.05) is 29.9 Å². The maximum absolute atomic E-state index is 12.9. The summed E-state index contributed by atoms with van der Waals surface area (Å²) in [7, 11) is -2.05. The summed E-state index contributed by atoms with van der Waals surface area (Å²) in [6.07, 6.45) is -2.32. The topological polar surface area (TPSA) is 49.4 Å². The SMILES string of the molecule is C=C(S/C=C(\C)C(=O)Nc1ccccc1-c1ccc(CC)cc1)C1CCN(S(=O)CC(F)(F)F)CC1. The molecule has 0 aromatic heterocycles. The van der Waals surface area contributed by atoms with Crippen LogP contribution in [0.2, 0.25) is 0 Å². The largest absolute Gasteiger partial charge is 0.401 e. The van der Waals surface area contributed by atoms with Gasteiger partial charge in [0.05, 0.1) is 0 Å². The monoisotopic (exact) mass is 536 g/mol. The molecule has 36 heavy (non-hydrogen) atoms. The second kappa shape index (κ2) is 12.7. The van der Waals surface area contributed by atoms with Gasteiger partial charge in [0.2, 0.25) is 0 Å². The number of amides is 1. The van der Waals surface area contributed by atoms with Crippen LogP contribution in [0.1, 0.15) is 32.3 Å². The van der Waals surface area contributed by atoms with Crippen molar-refractivity contribution >= 4 is 34.3 Å². The number of halogens is 3. The molecule has 4 nitrogen and oxygen atoms in total. The van der Waals surface area contributed by atoms with Gasteiger partial charge in [-0.3, -0.25) is 4.79 Å². The van der Waals surface area contributed by atoms with Crippen LogP contribution in [0.4, 0.5) is 18.9 Å². The molecule has 1 unspecified atom stereocenters. The number of benzene rings is 2. The molecule has 0 saturated carbocycles. The lowest BCUT2D eigenvalue weighted by molar-refractivity contribution is -0.112. The van der Waals surface area contributed by atoms with Crippen LogP contribution < -0.4 is 5.32 Å². The van der Waals surface area contributed by atoms with Gasteiger partial charge < -0.3 is 5.32 Å². The standard InChI is InChI=1S/C27H31F3N2O2S2/c1-4-21-9-11-23(12-10-21)24-7-5-6-8-25(24)31-26(33)19(2)17-35-20(3)22-13-15-32(16-14-22)36(34)18-27(28,29)30/h5-12,17,22H,3-4,13-16,18H2,1-2H3,(H,31,33)/b19-17+. The first-order valence-electron chi connectivity index (χ1n) is 11.8. The van der Waals surface area contributed by atoms with Crippen molar-refractivity contribution in [1.82, 2.24) is 4.31 Å². The van der Waals surface area contributed by atoms with E-state index in [1.807, 2.05) is 24.3 Å². The minimum atomic E-state index is -4.44. The zero-order chi connectivity index (χ0) is 26.3. The molecule has 1 amide bonds. The second-order valence-corrected chi connectivity index (χ2v) is 11.2. The van der Waals surface area contributed by atoms with Crippen LogP contribution >= 0.6 is 11.8 Å². The number of rotatable bonds is 9. The van der Waals surface area contributed by atoms with Gasteiger partial charge in [-0.25, -0.2) is 8.51 Å². The van der Waals surface area contributed by atoms with E-state index in [-0.39, 0.29) is 11.8 Å². The fourth-order valence-electron chi connectivity index (χ4n) is 3.91.